The number of hydrogen-bond donors (Lipinski definition) is 0. The molecule has 124 valence electrons. The molecular weight excluding hydrogens is 324 g/mol. The summed E-state index contributed by atoms with van der Waals surface area (Å²) in [5, 5.41) is 4.02. The number of aromatic nitrogens is 3. The summed E-state index contributed by atoms with van der Waals surface area (Å²) in [4.78, 5) is 23.0. The Morgan fingerprint density at radius 3 is 2.71 bits per heavy atom. The van der Waals surface area contributed by atoms with Crippen LogP contribution >= 0.6 is 11.8 Å². The van der Waals surface area contributed by atoms with Gasteiger partial charge in [0.25, 0.3) is 5.91 Å². The summed E-state index contributed by atoms with van der Waals surface area (Å²) in [7, 11) is 0. The first-order valence-electron chi connectivity index (χ1n) is 7.84. The number of anilines is 1. The van der Waals surface area contributed by atoms with Gasteiger partial charge in [-0.25, -0.2) is 4.98 Å². The molecule has 2 aliphatic rings. The lowest BCUT2D eigenvalue weighted by atomic mass is 9.97. The highest BCUT2D eigenvalue weighted by molar-refractivity contribution is 8.00. The summed E-state index contributed by atoms with van der Waals surface area (Å²) in [5.41, 5.74) is 2.79. The minimum atomic E-state index is -0.190. The Kier molecular flexibility index (Phi) is 3.49. The fourth-order valence-corrected chi connectivity index (χ4v) is 3.90. The van der Waals surface area contributed by atoms with E-state index >= 15 is 0 Å². The van der Waals surface area contributed by atoms with E-state index in [1.165, 1.54) is 5.57 Å². The molecule has 0 atom stereocenters. The van der Waals surface area contributed by atoms with E-state index < -0.39 is 0 Å². The molecule has 0 unspecified atom stereocenters. The van der Waals surface area contributed by atoms with Gasteiger partial charge in [0.05, 0.1) is 6.54 Å². The van der Waals surface area contributed by atoms with Crippen LogP contribution < -0.4 is 4.90 Å². The molecule has 2 aromatic heterocycles. The number of hydrogen-bond acceptors (Lipinski definition) is 6. The smallest absolute Gasteiger partial charge is 0.256 e. The third-order valence-corrected chi connectivity index (χ3v) is 5.20. The van der Waals surface area contributed by atoms with E-state index in [1.807, 2.05) is 32.9 Å². The average Bonchev–Trinajstić information content (AvgIpc) is 3.24. The van der Waals surface area contributed by atoms with Crippen LogP contribution in [0.5, 0.6) is 0 Å². The van der Waals surface area contributed by atoms with Crippen molar-refractivity contribution < 1.29 is 9.32 Å². The molecule has 0 aromatic carbocycles. The highest BCUT2D eigenvalue weighted by Gasteiger charge is 2.34. The van der Waals surface area contributed by atoms with Gasteiger partial charge in [0.2, 0.25) is 11.7 Å². The van der Waals surface area contributed by atoms with Gasteiger partial charge in [0.15, 0.2) is 0 Å². The van der Waals surface area contributed by atoms with Crippen LogP contribution in [0.4, 0.5) is 5.82 Å². The second kappa shape index (κ2) is 5.44. The number of thioether (sulfide) groups is 1. The van der Waals surface area contributed by atoms with Crippen molar-refractivity contribution in [2.75, 3.05) is 23.0 Å². The zero-order valence-corrected chi connectivity index (χ0v) is 14.7. The molecule has 24 heavy (non-hydrogen) atoms. The first-order valence-corrected chi connectivity index (χ1v) is 9.00. The van der Waals surface area contributed by atoms with Crippen LogP contribution in [0.2, 0.25) is 0 Å². The van der Waals surface area contributed by atoms with Crippen molar-refractivity contribution in [3.05, 3.63) is 35.4 Å². The summed E-state index contributed by atoms with van der Waals surface area (Å²) in [6, 6.07) is 3.72. The molecule has 0 saturated carbocycles. The van der Waals surface area contributed by atoms with Crippen molar-refractivity contribution >= 4 is 23.5 Å². The third-order valence-electron chi connectivity index (χ3n) is 4.15. The van der Waals surface area contributed by atoms with Gasteiger partial charge >= 0.3 is 0 Å². The van der Waals surface area contributed by atoms with E-state index in [0.29, 0.717) is 24.1 Å². The van der Waals surface area contributed by atoms with Gasteiger partial charge in [-0.05, 0) is 17.7 Å². The SMILES string of the molecule is CC(C)(C)c1nc(-c2ccc(N3CC4=C(CSC4)C3=O)nc2)no1. The van der Waals surface area contributed by atoms with Gasteiger partial charge in [0.1, 0.15) is 5.82 Å². The molecule has 4 heterocycles. The molecule has 7 heteroatoms. The Balaban J connectivity index is 1.56. The fourth-order valence-electron chi connectivity index (χ4n) is 2.75. The molecule has 0 spiro atoms. The van der Waals surface area contributed by atoms with Crippen LogP contribution in [0.1, 0.15) is 26.7 Å². The van der Waals surface area contributed by atoms with E-state index in [9.17, 15) is 4.79 Å². The highest BCUT2D eigenvalue weighted by atomic mass is 32.2. The van der Waals surface area contributed by atoms with Gasteiger partial charge < -0.3 is 4.52 Å². The van der Waals surface area contributed by atoms with Gasteiger partial charge in [0, 0.05) is 34.3 Å². The third kappa shape index (κ3) is 2.53. The number of nitrogens with zero attached hydrogens (tertiary/aromatic N) is 4. The van der Waals surface area contributed by atoms with E-state index in [2.05, 4.69) is 15.1 Å². The van der Waals surface area contributed by atoms with Crippen LogP contribution in [-0.4, -0.2) is 39.1 Å². The lowest BCUT2D eigenvalue weighted by molar-refractivity contribution is -0.114. The maximum Gasteiger partial charge on any atom is 0.256 e. The number of pyridine rings is 1. The lowest BCUT2D eigenvalue weighted by Crippen LogP contribution is -2.28. The molecule has 0 fully saturated rings. The van der Waals surface area contributed by atoms with Crippen LogP contribution in [-0.2, 0) is 10.2 Å². The Morgan fingerprint density at radius 1 is 1.25 bits per heavy atom. The van der Waals surface area contributed by atoms with E-state index in [1.54, 1.807) is 22.9 Å². The second-order valence-corrected chi connectivity index (χ2v) is 8.03. The van der Waals surface area contributed by atoms with Gasteiger partial charge in [-0.1, -0.05) is 25.9 Å². The predicted molar refractivity (Wildman–Crippen MR) is 92.9 cm³/mol. The average molecular weight is 342 g/mol. The Labute approximate surface area is 144 Å². The predicted octanol–water partition coefficient (Wildman–Crippen LogP) is 2.82. The van der Waals surface area contributed by atoms with Crippen molar-refractivity contribution in [1.82, 2.24) is 15.1 Å². The van der Waals surface area contributed by atoms with Crippen molar-refractivity contribution in [1.29, 1.82) is 0 Å². The molecule has 4 rings (SSSR count). The zero-order chi connectivity index (χ0) is 16.9. The van der Waals surface area contributed by atoms with Gasteiger partial charge in [-0.15, -0.1) is 0 Å². The molecule has 0 saturated heterocycles. The number of carbonyl (C=O) groups is 1. The van der Waals surface area contributed by atoms with Crippen molar-refractivity contribution in [3.8, 4) is 11.4 Å². The first-order chi connectivity index (χ1) is 11.4. The normalized spacial score (nSPS) is 17.8. The summed E-state index contributed by atoms with van der Waals surface area (Å²) in [6.07, 6.45) is 1.69. The van der Waals surface area contributed by atoms with Crippen LogP contribution in [0.15, 0.2) is 34.0 Å². The monoisotopic (exact) mass is 342 g/mol. The Bertz CT molecular complexity index is 833. The van der Waals surface area contributed by atoms with Crippen LogP contribution in [0, 0.1) is 0 Å². The molecule has 0 bridgehead atoms. The Morgan fingerprint density at radius 2 is 2.08 bits per heavy atom. The quantitative estimate of drug-likeness (QED) is 0.836. The minimum Gasteiger partial charge on any atom is -0.338 e. The maximum atomic E-state index is 12.4. The number of carbonyl (C=O) groups excluding carboxylic acids is 1. The standard InChI is InChI=1S/C17H18N4O2S/c1-17(2,3)16-19-14(20-23-16)10-4-5-13(18-6-10)21-7-11-8-24-9-12(11)15(21)22/h4-6H,7-9H2,1-3H3. The van der Waals surface area contributed by atoms with Crippen molar-refractivity contribution in [3.63, 3.8) is 0 Å². The molecule has 2 aliphatic heterocycles. The number of rotatable bonds is 2. The fraction of sp³-hybridized carbons (Fsp3) is 0.412. The van der Waals surface area contributed by atoms with E-state index in [-0.39, 0.29) is 11.3 Å². The van der Waals surface area contributed by atoms with E-state index in [4.69, 9.17) is 4.52 Å². The second-order valence-electron chi connectivity index (χ2n) is 7.04. The minimum absolute atomic E-state index is 0.0878. The lowest BCUT2D eigenvalue weighted by Gasteiger charge is -2.17. The maximum absolute atomic E-state index is 12.4. The van der Waals surface area contributed by atoms with E-state index in [0.717, 1.165) is 22.6 Å². The van der Waals surface area contributed by atoms with Crippen LogP contribution in [0.25, 0.3) is 11.4 Å². The molecule has 6 nitrogen and oxygen atoms in total. The largest absolute Gasteiger partial charge is 0.338 e. The first kappa shape index (κ1) is 15.4. The molecule has 1 amide bonds. The molecule has 2 aromatic rings. The van der Waals surface area contributed by atoms with Crippen molar-refractivity contribution in [2.24, 2.45) is 0 Å². The van der Waals surface area contributed by atoms with Crippen molar-refractivity contribution in [2.45, 2.75) is 26.2 Å². The molecule has 0 radical (unpaired) electrons. The zero-order valence-electron chi connectivity index (χ0n) is 13.9. The summed E-state index contributed by atoms with van der Waals surface area (Å²) in [5.74, 6) is 3.64. The molecule has 0 aliphatic carbocycles. The van der Waals surface area contributed by atoms with Crippen LogP contribution in [0.3, 0.4) is 0 Å². The number of amides is 1. The highest BCUT2D eigenvalue weighted by Crippen LogP contribution is 2.34. The summed E-state index contributed by atoms with van der Waals surface area (Å²) >= 11 is 1.80. The molecule has 0 N–H and O–H groups in total. The topological polar surface area (TPSA) is 72.1 Å². The Hall–Kier alpha value is -2.15. The van der Waals surface area contributed by atoms with Gasteiger partial charge in [-0.3, -0.25) is 9.69 Å². The van der Waals surface area contributed by atoms with Gasteiger partial charge in [-0.2, -0.15) is 16.7 Å². The summed E-state index contributed by atoms with van der Waals surface area (Å²) in [6.45, 7) is 6.73. The summed E-state index contributed by atoms with van der Waals surface area (Å²) < 4.78 is 5.32. The molecular formula is C17H18N4O2S.